The molecule has 0 aliphatic heterocycles. The Hall–Kier alpha value is -1.69. The lowest BCUT2D eigenvalue weighted by Crippen LogP contribution is -2.02. The fourth-order valence-corrected chi connectivity index (χ4v) is 2.64. The Balaban J connectivity index is 2.08. The van der Waals surface area contributed by atoms with Crippen LogP contribution in [0.2, 0.25) is 0 Å². The fraction of sp³-hybridized carbons (Fsp3) is 0.385. The molecule has 6 heteroatoms. The molecule has 0 saturated carbocycles. The number of rotatable bonds is 6. The maximum Gasteiger partial charge on any atom is 0.138 e. The first-order chi connectivity index (χ1) is 9.24. The number of hydrogen-bond acceptors (Lipinski definition) is 5. The van der Waals surface area contributed by atoms with Gasteiger partial charge in [0.05, 0.1) is 12.4 Å². The molecule has 0 amide bonds. The highest BCUT2D eigenvalue weighted by Gasteiger charge is 2.07. The molecule has 2 rings (SSSR count). The van der Waals surface area contributed by atoms with Gasteiger partial charge in [-0.3, -0.25) is 0 Å². The predicted octanol–water partition coefficient (Wildman–Crippen LogP) is 2.57. The van der Waals surface area contributed by atoms with E-state index in [-0.39, 0.29) is 0 Å². The molecule has 102 valence electrons. The van der Waals surface area contributed by atoms with Crippen LogP contribution in [0.5, 0.6) is 5.75 Å². The maximum absolute atomic E-state index is 5.98. The van der Waals surface area contributed by atoms with Crippen LogP contribution in [0.4, 0.5) is 5.69 Å². The largest absolute Gasteiger partial charge is 0.494 e. The van der Waals surface area contributed by atoms with Crippen LogP contribution in [0.1, 0.15) is 19.7 Å². The molecule has 5 nitrogen and oxygen atoms in total. The SMILES string of the molecule is CCOc1ccc(N)c(SCc2ncnn2CC)c1. The van der Waals surface area contributed by atoms with Crippen LogP contribution in [-0.4, -0.2) is 21.4 Å². The number of ether oxygens (including phenoxy) is 1. The molecule has 19 heavy (non-hydrogen) atoms. The summed E-state index contributed by atoms with van der Waals surface area (Å²) in [6.07, 6.45) is 1.58. The molecule has 0 fully saturated rings. The van der Waals surface area contributed by atoms with Gasteiger partial charge in [-0.05, 0) is 32.0 Å². The van der Waals surface area contributed by atoms with E-state index >= 15 is 0 Å². The van der Waals surface area contributed by atoms with E-state index in [2.05, 4.69) is 10.1 Å². The first kappa shape index (κ1) is 13.7. The maximum atomic E-state index is 5.98. The number of hydrogen-bond donors (Lipinski definition) is 1. The third-order valence-electron chi connectivity index (χ3n) is 2.65. The van der Waals surface area contributed by atoms with Gasteiger partial charge in [0.1, 0.15) is 17.9 Å². The average molecular weight is 278 g/mol. The molecule has 0 bridgehead atoms. The smallest absolute Gasteiger partial charge is 0.138 e. The molecular formula is C13H18N4OS. The zero-order valence-electron chi connectivity index (χ0n) is 11.2. The van der Waals surface area contributed by atoms with E-state index in [1.54, 1.807) is 18.1 Å². The van der Waals surface area contributed by atoms with Crippen molar-refractivity contribution in [3.8, 4) is 5.75 Å². The van der Waals surface area contributed by atoms with Crippen molar-refractivity contribution in [3.05, 3.63) is 30.4 Å². The third kappa shape index (κ3) is 3.41. The van der Waals surface area contributed by atoms with Crippen molar-refractivity contribution in [2.45, 2.75) is 31.0 Å². The van der Waals surface area contributed by atoms with Crippen molar-refractivity contribution >= 4 is 17.4 Å². The zero-order chi connectivity index (χ0) is 13.7. The summed E-state index contributed by atoms with van der Waals surface area (Å²) in [5.74, 6) is 2.54. The Bertz CT molecular complexity index is 541. The van der Waals surface area contributed by atoms with Gasteiger partial charge >= 0.3 is 0 Å². The van der Waals surface area contributed by atoms with Gasteiger partial charge in [-0.2, -0.15) is 5.10 Å². The van der Waals surface area contributed by atoms with E-state index in [4.69, 9.17) is 10.5 Å². The van der Waals surface area contributed by atoms with Crippen LogP contribution in [0.25, 0.3) is 0 Å². The lowest BCUT2D eigenvalue weighted by molar-refractivity contribution is 0.339. The molecule has 1 aromatic heterocycles. The van der Waals surface area contributed by atoms with Crippen molar-refractivity contribution in [2.75, 3.05) is 12.3 Å². The van der Waals surface area contributed by atoms with Crippen LogP contribution in [0.15, 0.2) is 29.4 Å². The van der Waals surface area contributed by atoms with E-state index < -0.39 is 0 Å². The number of aryl methyl sites for hydroxylation is 1. The second kappa shape index (κ2) is 6.47. The van der Waals surface area contributed by atoms with Gasteiger partial charge < -0.3 is 10.5 Å². The molecule has 0 unspecified atom stereocenters. The summed E-state index contributed by atoms with van der Waals surface area (Å²) in [5.41, 5.74) is 6.74. The van der Waals surface area contributed by atoms with Crippen molar-refractivity contribution in [1.82, 2.24) is 14.8 Å². The molecule has 1 aromatic carbocycles. The van der Waals surface area contributed by atoms with Crippen molar-refractivity contribution in [2.24, 2.45) is 0 Å². The molecular weight excluding hydrogens is 260 g/mol. The minimum Gasteiger partial charge on any atom is -0.494 e. The Morgan fingerprint density at radius 2 is 2.21 bits per heavy atom. The normalized spacial score (nSPS) is 10.6. The number of benzene rings is 1. The van der Waals surface area contributed by atoms with E-state index in [0.29, 0.717) is 6.61 Å². The first-order valence-electron chi connectivity index (χ1n) is 6.26. The highest BCUT2D eigenvalue weighted by Crippen LogP contribution is 2.31. The van der Waals surface area contributed by atoms with E-state index in [1.165, 1.54) is 0 Å². The van der Waals surface area contributed by atoms with Gasteiger partial charge in [0.25, 0.3) is 0 Å². The Labute approximate surface area is 117 Å². The average Bonchev–Trinajstić information content (AvgIpc) is 2.87. The van der Waals surface area contributed by atoms with Gasteiger partial charge in [0.15, 0.2) is 0 Å². The Kier molecular flexibility index (Phi) is 4.68. The van der Waals surface area contributed by atoms with Crippen LogP contribution in [0, 0.1) is 0 Å². The fourth-order valence-electron chi connectivity index (χ4n) is 1.70. The quantitative estimate of drug-likeness (QED) is 0.650. The number of nitrogen functional groups attached to an aromatic ring is 1. The topological polar surface area (TPSA) is 66.0 Å². The summed E-state index contributed by atoms with van der Waals surface area (Å²) in [5, 5.41) is 4.15. The molecule has 2 N–H and O–H groups in total. The first-order valence-corrected chi connectivity index (χ1v) is 7.25. The molecule has 0 aliphatic rings. The van der Waals surface area contributed by atoms with Crippen molar-refractivity contribution < 1.29 is 4.74 Å². The van der Waals surface area contributed by atoms with Gasteiger partial charge in [-0.25, -0.2) is 9.67 Å². The molecule has 0 spiro atoms. The summed E-state index contributed by atoms with van der Waals surface area (Å²) >= 11 is 1.65. The van der Waals surface area contributed by atoms with Gasteiger partial charge in [0.2, 0.25) is 0 Å². The highest BCUT2D eigenvalue weighted by atomic mass is 32.2. The molecule has 0 atom stereocenters. The summed E-state index contributed by atoms with van der Waals surface area (Å²) in [7, 11) is 0. The van der Waals surface area contributed by atoms with Crippen LogP contribution >= 0.6 is 11.8 Å². The molecule has 1 heterocycles. The number of aromatic nitrogens is 3. The molecule has 2 aromatic rings. The van der Waals surface area contributed by atoms with Gasteiger partial charge in [0, 0.05) is 17.1 Å². The minimum absolute atomic E-state index is 0.651. The highest BCUT2D eigenvalue weighted by molar-refractivity contribution is 7.98. The lowest BCUT2D eigenvalue weighted by Gasteiger charge is -2.09. The zero-order valence-corrected chi connectivity index (χ0v) is 12.0. The number of nitrogens with two attached hydrogens (primary N) is 1. The number of nitrogens with zero attached hydrogens (tertiary/aromatic N) is 3. The van der Waals surface area contributed by atoms with E-state index in [1.807, 2.05) is 36.7 Å². The van der Waals surface area contributed by atoms with Crippen molar-refractivity contribution in [1.29, 1.82) is 0 Å². The second-order valence-corrected chi connectivity index (χ2v) is 4.93. The number of anilines is 1. The van der Waals surface area contributed by atoms with Crippen LogP contribution < -0.4 is 10.5 Å². The van der Waals surface area contributed by atoms with E-state index in [9.17, 15) is 0 Å². The Morgan fingerprint density at radius 3 is 2.95 bits per heavy atom. The molecule has 0 aliphatic carbocycles. The molecule has 0 saturated heterocycles. The monoisotopic (exact) mass is 278 g/mol. The van der Waals surface area contributed by atoms with E-state index in [0.717, 1.165) is 34.5 Å². The molecule has 0 radical (unpaired) electrons. The number of thioether (sulfide) groups is 1. The van der Waals surface area contributed by atoms with Gasteiger partial charge in [-0.1, -0.05) is 0 Å². The van der Waals surface area contributed by atoms with Crippen LogP contribution in [-0.2, 0) is 12.3 Å². The Morgan fingerprint density at radius 1 is 1.37 bits per heavy atom. The summed E-state index contributed by atoms with van der Waals surface area (Å²) in [4.78, 5) is 5.26. The summed E-state index contributed by atoms with van der Waals surface area (Å²) in [6.45, 7) is 5.49. The summed E-state index contributed by atoms with van der Waals surface area (Å²) < 4.78 is 7.37. The second-order valence-electron chi connectivity index (χ2n) is 3.91. The minimum atomic E-state index is 0.651. The standard InChI is InChI=1S/C13H18N4OS/c1-3-17-13(15-9-16-17)8-19-12-7-10(18-4-2)5-6-11(12)14/h5-7,9H,3-4,8,14H2,1-2H3. The van der Waals surface area contributed by atoms with Crippen LogP contribution in [0.3, 0.4) is 0 Å². The van der Waals surface area contributed by atoms with Crippen molar-refractivity contribution in [3.63, 3.8) is 0 Å². The predicted molar refractivity (Wildman–Crippen MR) is 77.3 cm³/mol. The lowest BCUT2D eigenvalue weighted by atomic mass is 10.3. The summed E-state index contributed by atoms with van der Waals surface area (Å²) in [6, 6.07) is 5.73. The van der Waals surface area contributed by atoms with Gasteiger partial charge in [-0.15, -0.1) is 11.8 Å². The third-order valence-corrected chi connectivity index (χ3v) is 3.72.